The Morgan fingerprint density at radius 2 is 1.63 bits per heavy atom. The molecular weight excluding hydrogens is 458 g/mol. The summed E-state index contributed by atoms with van der Waals surface area (Å²) in [6, 6.07) is 14.4. The van der Waals surface area contributed by atoms with Crippen LogP contribution in [0.1, 0.15) is 49.1 Å². The normalized spacial score (nSPS) is 21.5. The standard InChI is InChI=1S/C26H26F2N2O5/c27-26(28)12-21(23(32)33)30(15-26)22(31)13-25(10-5-11-25)29-24(34)35-14-20-18-8-3-1-6-16(18)17-7-2-4-9-19(17)20/h1-4,6-9,20-21H,5,10-15H2,(H,29,34)(H,32,33)/t21-/m1/s1. The number of alkyl carbamates (subject to hydrolysis) is 1. The molecule has 2 aliphatic carbocycles. The van der Waals surface area contributed by atoms with Crippen molar-refractivity contribution in [2.24, 2.45) is 0 Å². The average Bonchev–Trinajstić information content (AvgIpc) is 3.30. The summed E-state index contributed by atoms with van der Waals surface area (Å²) in [5, 5.41) is 12.1. The number of likely N-dealkylation sites (tertiary alicyclic amines) is 1. The molecule has 1 heterocycles. The molecular formula is C26H26F2N2O5. The van der Waals surface area contributed by atoms with Crippen LogP contribution in [0, 0.1) is 0 Å². The molecule has 1 saturated carbocycles. The predicted molar refractivity (Wildman–Crippen MR) is 122 cm³/mol. The van der Waals surface area contributed by atoms with E-state index in [4.69, 9.17) is 4.74 Å². The lowest BCUT2D eigenvalue weighted by Crippen LogP contribution is -2.57. The summed E-state index contributed by atoms with van der Waals surface area (Å²) in [6.45, 7) is -0.812. The largest absolute Gasteiger partial charge is 0.480 e. The van der Waals surface area contributed by atoms with Crippen LogP contribution in [0.15, 0.2) is 48.5 Å². The molecule has 1 atom stereocenters. The van der Waals surface area contributed by atoms with E-state index in [1.807, 2.05) is 48.5 Å². The number of carboxylic acid groups (broad SMARTS) is 1. The fourth-order valence-electron chi connectivity index (χ4n) is 5.49. The minimum Gasteiger partial charge on any atom is -0.480 e. The van der Waals surface area contributed by atoms with E-state index in [1.165, 1.54) is 0 Å². The quantitative estimate of drug-likeness (QED) is 0.642. The molecule has 0 spiro atoms. The third-order valence-electron chi connectivity index (χ3n) is 7.39. The number of carboxylic acids is 1. The van der Waals surface area contributed by atoms with E-state index < -0.39 is 48.4 Å². The van der Waals surface area contributed by atoms with E-state index in [0.29, 0.717) is 12.8 Å². The van der Waals surface area contributed by atoms with Crippen molar-refractivity contribution in [1.29, 1.82) is 0 Å². The molecule has 0 aromatic heterocycles. The van der Waals surface area contributed by atoms with Crippen LogP contribution in [0.2, 0.25) is 0 Å². The van der Waals surface area contributed by atoms with Crippen molar-refractivity contribution >= 4 is 18.0 Å². The summed E-state index contributed by atoms with van der Waals surface area (Å²) < 4.78 is 33.2. The van der Waals surface area contributed by atoms with Crippen LogP contribution in [0.4, 0.5) is 13.6 Å². The fourth-order valence-corrected chi connectivity index (χ4v) is 5.49. The van der Waals surface area contributed by atoms with Crippen molar-refractivity contribution in [2.75, 3.05) is 13.2 Å². The van der Waals surface area contributed by atoms with Gasteiger partial charge < -0.3 is 20.1 Å². The highest BCUT2D eigenvalue weighted by molar-refractivity contribution is 5.86. The number of carbonyl (C=O) groups excluding carboxylic acids is 2. The number of fused-ring (bicyclic) bond motifs is 3. The molecule has 1 aliphatic heterocycles. The maximum absolute atomic E-state index is 13.8. The summed E-state index contributed by atoms with van der Waals surface area (Å²) >= 11 is 0. The van der Waals surface area contributed by atoms with E-state index in [9.17, 15) is 28.3 Å². The van der Waals surface area contributed by atoms with Crippen molar-refractivity contribution in [1.82, 2.24) is 10.2 Å². The number of hydrogen-bond acceptors (Lipinski definition) is 4. The van der Waals surface area contributed by atoms with Crippen molar-refractivity contribution in [3.05, 3.63) is 59.7 Å². The van der Waals surface area contributed by atoms with Crippen molar-refractivity contribution in [2.45, 2.75) is 55.5 Å². The molecule has 9 heteroatoms. The minimum absolute atomic E-state index is 0.114. The van der Waals surface area contributed by atoms with Crippen molar-refractivity contribution < 1.29 is 33.0 Å². The highest BCUT2D eigenvalue weighted by atomic mass is 19.3. The first-order chi connectivity index (χ1) is 16.7. The molecule has 2 aromatic carbocycles. The zero-order chi connectivity index (χ0) is 24.8. The van der Waals surface area contributed by atoms with Gasteiger partial charge in [0.05, 0.1) is 18.5 Å². The smallest absolute Gasteiger partial charge is 0.407 e. The Bertz CT molecular complexity index is 1130. The number of ether oxygens (including phenoxy) is 1. The van der Waals surface area contributed by atoms with Crippen LogP contribution in [0.3, 0.4) is 0 Å². The van der Waals surface area contributed by atoms with Crippen LogP contribution >= 0.6 is 0 Å². The summed E-state index contributed by atoms with van der Waals surface area (Å²) in [4.78, 5) is 37.7. The summed E-state index contributed by atoms with van der Waals surface area (Å²) in [7, 11) is 0. The number of nitrogens with one attached hydrogen (secondary N) is 1. The summed E-state index contributed by atoms with van der Waals surface area (Å²) in [5.74, 6) is -5.52. The number of nitrogens with zero attached hydrogens (tertiary/aromatic N) is 1. The molecule has 3 aliphatic rings. The highest BCUT2D eigenvalue weighted by Gasteiger charge is 2.52. The molecule has 1 saturated heterocycles. The molecule has 2 N–H and O–H groups in total. The van der Waals surface area contributed by atoms with Gasteiger partial charge >= 0.3 is 12.1 Å². The molecule has 7 nitrogen and oxygen atoms in total. The number of rotatable bonds is 6. The first-order valence-electron chi connectivity index (χ1n) is 11.7. The van der Waals surface area contributed by atoms with Gasteiger partial charge in [-0.15, -0.1) is 0 Å². The van der Waals surface area contributed by atoms with Crippen molar-refractivity contribution in [3.63, 3.8) is 0 Å². The maximum atomic E-state index is 13.8. The van der Waals surface area contributed by atoms with Gasteiger partial charge in [-0.3, -0.25) is 4.79 Å². The fraction of sp³-hybridized carbons (Fsp3) is 0.423. The Hall–Kier alpha value is -3.49. The summed E-state index contributed by atoms with van der Waals surface area (Å²) in [5.41, 5.74) is 3.44. The van der Waals surface area contributed by atoms with E-state index in [1.54, 1.807) is 0 Å². The summed E-state index contributed by atoms with van der Waals surface area (Å²) in [6.07, 6.45) is -0.0793. The monoisotopic (exact) mass is 484 g/mol. The number of carbonyl (C=O) groups is 3. The lowest BCUT2D eigenvalue weighted by Gasteiger charge is -2.42. The van der Waals surface area contributed by atoms with E-state index in [-0.39, 0.29) is 18.9 Å². The van der Waals surface area contributed by atoms with E-state index in [2.05, 4.69) is 5.32 Å². The zero-order valence-corrected chi connectivity index (χ0v) is 19.0. The van der Waals surface area contributed by atoms with Gasteiger partial charge in [-0.05, 0) is 41.5 Å². The zero-order valence-electron chi connectivity index (χ0n) is 19.0. The van der Waals surface area contributed by atoms with Crippen LogP contribution in [-0.4, -0.2) is 58.6 Å². The first kappa shape index (κ1) is 23.3. The molecule has 0 unspecified atom stereocenters. The molecule has 2 amide bonds. The third kappa shape index (κ3) is 4.35. The maximum Gasteiger partial charge on any atom is 0.407 e. The second kappa shape index (κ2) is 8.62. The molecule has 0 radical (unpaired) electrons. The Morgan fingerprint density at radius 3 is 2.17 bits per heavy atom. The molecule has 184 valence electrons. The minimum atomic E-state index is -3.24. The molecule has 35 heavy (non-hydrogen) atoms. The first-order valence-corrected chi connectivity index (χ1v) is 11.7. The topological polar surface area (TPSA) is 95.9 Å². The highest BCUT2D eigenvalue weighted by Crippen LogP contribution is 2.44. The number of benzene rings is 2. The molecule has 2 aromatic rings. The second-order valence-electron chi connectivity index (χ2n) is 9.70. The van der Waals surface area contributed by atoms with Gasteiger partial charge in [0.25, 0.3) is 5.92 Å². The lowest BCUT2D eigenvalue weighted by molar-refractivity contribution is -0.149. The Morgan fingerprint density at radius 1 is 1.03 bits per heavy atom. The Kier molecular flexibility index (Phi) is 5.73. The van der Waals surface area contributed by atoms with Gasteiger partial charge in [0.15, 0.2) is 0 Å². The van der Waals surface area contributed by atoms with Crippen molar-refractivity contribution in [3.8, 4) is 11.1 Å². The molecule has 0 bridgehead atoms. The van der Waals surface area contributed by atoms with Gasteiger partial charge in [0, 0.05) is 12.3 Å². The van der Waals surface area contributed by atoms with E-state index >= 15 is 0 Å². The van der Waals surface area contributed by atoms with Gasteiger partial charge in [0.1, 0.15) is 12.6 Å². The number of alkyl halides is 2. The van der Waals surface area contributed by atoms with E-state index in [0.717, 1.165) is 33.6 Å². The van der Waals surface area contributed by atoms with Gasteiger partial charge in [0.2, 0.25) is 5.91 Å². The number of halogens is 2. The van der Waals surface area contributed by atoms with Crippen LogP contribution in [0.5, 0.6) is 0 Å². The second-order valence-corrected chi connectivity index (χ2v) is 9.70. The van der Waals surface area contributed by atoms with Gasteiger partial charge in [-0.1, -0.05) is 48.5 Å². The van der Waals surface area contributed by atoms with Gasteiger partial charge in [-0.2, -0.15) is 0 Å². The Labute approximate surface area is 201 Å². The van der Waals surface area contributed by atoms with Gasteiger partial charge in [-0.25, -0.2) is 18.4 Å². The average molecular weight is 484 g/mol. The third-order valence-corrected chi connectivity index (χ3v) is 7.39. The van der Waals surface area contributed by atoms with Crippen LogP contribution in [0.25, 0.3) is 11.1 Å². The number of amides is 2. The van der Waals surface area contributed by atoms with Crippen LogP contribution in [-0.2, 0) is 14.3 Å². The number of aliphatic carboxylic acids is 1. The lowest BCUT2D eigenvalue weighted by atomic mass is 9.74. The Balaban J connectivity index is 1.24. The number of hydrogen-bond donors (Lipinski definition) is 2. The SMILES string of the molecule is O=C(NC1(CC(=O)N2CC(F)(F)C[C@@H]2C(=O)O)CCC1)OCC1c2ccccc2-c2ccccc21. The predicted octanol–water partition coefficient (Wildman–Crippen LogP) is 4.16. The molecule has 5 rings (SSSR count). The van der Waals surface area contributed by atoms with Crippen LogP contribution < -0.4 is 5.32 Å². The molecule has 2 fully saturated rings.